The Balaban J connectivity index is 1.61. The highest BCUT2D eigenvalue weighted by Gasteiger charge is 2.26. The lowest BCUT2D eigenvalue weighted by atomic mass is 10.0. The van der Waals surface area contributed by atoms with Gasteiger partial charge in [-0.3, -0.25) is 9.69 Å². The predicted octanol–water partition coefficient (Wildman–Crippen LogP) is 4.20. The molecular weight excluding hydrogens is 328 g/mol. The second kappa shape index (κ2) is 7.04. The summed E-state index contributed by atoms with van der Waals surface area (Å²) in [5, 5.41) is 5.89. The van der Waals surface area contributed by atoms with Crippen LogP contribution in [0.5, 0.6) is 0 Å². The Bertz CT molecular complexity index is 700. The van der Waals surface area contributed by atoms with Gasteiger partial charge < -0.3 is 5.32 Å². The zero-order valence-electron chi connectivity index (χ0n) is 13.4. The summed E-state index contributed by atoms with van der Waals surface area (Å²) in [6.07, 6.45) is 1.03. The molecule has 0 aliphatic carbocycles. The molecule has 23 heavy (non-hydrogen) atoms. The van der Waals surface area contributed by atoms with Gasteiger partial charge in [0.1, 0.15) is 0 Å². The number of benzene rings is 1. The van der Waals surface area contributed by atoms with Gasteiger partial charge in [0.25, 0.3) is 0 Å². The summed E-state index contributed by atoms with van der Waals surface area (Å²) in [6.45, 7) is 5.50. The maximum atomic E-state index is 12.4. The van der Waals surface area contributed by atoms with E-state index in [1.54, 1.807) is 0 Å². The van der Waals surface area contributed by atoms with E-state index in [1.165, 1.54) is 10.4 Å². The molecule has 1 aliphatic rings. The van der Waals surface area contributed by atoms with Crippen molar-refractivity contribution in [3.8, 4) is 0 Å². The van der Waals surface area contributed by atoms with Crippen molar-refractivity contribution in [1.29, 1.82) is 0 Å². The number of fused-ring (bicyclic) bond motifs is 1. The van der Waals surface area contributed by atoms with Gasteiger partial charge >= 0.3 is 0 Å². The minimum absolute atomic E-state index is 0.0444. The van der Waals surface area contributed by atoms with Gasteiger partial charge in [-0.1, -0.05) is 29.8 Å². The summed E-state index contributed by atoms with van der Waals surface area (Å²) < 4.78 is 0. The molecule has 0 saturated carbocycles. The maximum Gasteiger partial charge on any atom is 0.234 e. The molecule has 1 aromatic carbocycles. The van der Waals surface area contributed by atoms with Crippen LogP contribution < -0.4 is 5.32 Å². The Morgan fingerprint density at radius 3 is 3.00 bits per heavy atom. The van der Waals surface area contributed by atoms with E-state index in [0.29, 0.717) is 17.6 Å². The molecular formula is C18H21ClN2OS. The van der Waals surface area contributed by atoms with Gasteiger partial charge in [0.05, 0.1) is 12.6 Å². The molecule has 1 aromatic heterocycles. The molecule has 3 rings (SSSR count). The summed E-state index contributed by atoms with van der Waals surface area (Å²) in [4.78, 5) is 16.1. The molecule has 1 amide bonds. The highest BCUT2D eigenvalue weighted by Crippen LogP contribution is 2.32. The van der Waals surface area contributed by atoms with Crippen LogP contribution in [0, 0.1) is 0 Å². The number of hydrogen-bond acceptors (Lipinski definition) is 3. The van der Waals surface area contributed by atoms with Gasteiger partial charge in [-0.05, 0) is 48.9 Å². The van der Waals surface area contributed by atoms with Crippen molar-refractivity contribution in [1.82, 2.24) is 10.2 Å². The molecule has 0 unspecified atom stereocenters. The summed E-state index contributed by atoms with van der Waals surface area (Å²) >= 11 is 8.02. The van der Waals surface area contributed by atoms with Gasteiger partial charge in [0.15, 0.2) is 0 Å². The Hall–Kier alpha value is -1.36. The normalized spacial score (nSPS) is 19.2. The first kappa shape index (κ1) is 16.5. The molecule has 0 saturated heterocycles. The lowest BCUT2D eigenvalue weighted by molar-refractivity contribution is -0.123. The topological polar surface area (TPSA) is 32.3 Å². The summed E-state index contributed by atoms with van der Waals surface area (Å²) in [7, 11) is 0. The first-order valence-corrected chi connectivity index (χ1v) is 9.16. The summed E-state index contributed by atoms with van der Waals surface area (Å²) in [5.41, 5.74) is 2.32. The van der Waals surface area contributed by atoms with Crippen molar-refractivity contribution in [2.24, 2.45) is 0 Å². The Kier molecular flexibility index (Phi) is 5.05. The Morgan fingerprint density at radius 1 is 1.43 bits per heavy atom. The number of nitrogens with zero attached hydrogens (tertiary/aromatic N) is 1. The SMILES string of the molecule is C[C@@H](NC(=O)CN1CCc2sccc2[C@@H]1C)c1ccccc1Cl. The molecule has 0 bridgehead atoms. The molecule has 3 nitrogen and oxygen atoms in total. The number of carbonyl (C=O) groups is 1. The van der Waals surface area contributed by atoms with Crippen molar-refractivity contribution in [2.75, 3.05) is 13.1 Å². The number of rotatable bonds is 4. The van der Waals surface area contributed by atoms with E-state index in [-0.39, 0.29) is 11.9 Å². The summed E-state index contributed by atoms with van der Waals surface area (Å²) in [5.74, 6) is 0.0444. The second-order valence-corrected chi connectivity index (χ2v) is 7.41. The van der Waals surface area contributed by atoms with E-state index < -0.39 is 0 Å². The van der Waals surface area contributed by atoms with E-state index >= 15 is 0 Å². The largest absolute Gasteiger partial charge is 0.348 e. The van der Waals surface area contributed by atoms with Crippen molar-refractivity contribution in [3.05, 3.63) is 56.7 Å². The lowest BCUT2D eigenvalue weighted by Gasteiger charge is -2.33. The van der Waals surface area contributed by atoms with Crippen LogP contribution in [-0.2, 0) is 11.2 Å². The number of thiophene rings is 1. The van der Waals surface area contributed by atoms with E-state index in [0.717, 1.165) is 18.5 Å². The van der Waals surface area contributed by atoms with Crippen molar-refractivity contribution >= 4 is 28.8 Å². The number of hydrogen-bond donors (Lipinski definition) is 1. The molecule has 5 heteroatoms. The van der Waals surface area contributed by atoms with Gasteiger partial charge in [0, 0.05) is 22.5 Å². The molecule has 2 aromatic rings. The highest BCUT2D eigenvalue weighted by molar-refractivity contribution is 7.10. The zero-order valence-corrected chi connectivity index (χ0v) is 15.0. The molecule has 1 N–H and O–H groups in total. The molecule has 0 fully saturated rings. The third kappa shape index (κ3) is 3.60. The van der Waals surface area contributed by atoms with Crippen molar-refractivity contribution in [2.45, 2.75) is 32.4 Å². The average molecular weight is 349 g/mol. The predicted molar refractivity (Wildman–Crippen MR) is 96.0 cm³/mol. The summed E-state index contributed by atoms with van der Waals surface area (Å²) in [6, 6.07) is 10.0. The van der Waals surface area contributed by atoms with E-state index in [4.69, 9.17) is 11.6 Å². The molecule has 0 radical (unpaired) electrons. The van der Waals surface area contributed by atoms with Crippen LogP contribution in [0.2, 0.25) is 5.02 Å². The van der Waals surface area contributed by atoms with Crippen molar-refractivity contribution < 1.29 is 4.79 Å². The zero-order chi connectivity index (χ0) is 16.4. The highest BCUT2D eigenvalue weighted by atomic mass is 35.5. The monoisotopic (exact) mass is 348 g/mol. The minimum Gasteiger partial charge on any atom is -0.348 e. The van der Waals surface area contributed by atoms with Crippen LogP contribution >= 0.6 is 22.9 Å². The molecule has 0 spiro atoms. The van der Waals surface area contributed by atoms with Crippen LogP contribution in [-0.4, -0.2) is 23.9 Å². The molecule has 1 aliphatic heterocycles. The van der Waals surface area contributed by atoms with Crippen molar-refractivity contribution in [3.63, 3.8) is 0 Å². The fraction of sp³-hybridized carbons (Fsp3) is 0.389. The molecule has 2 heterocycles. The fourth-order valence-corrected chi connectivity index (χ4v) is 4.42. The first-order chi connectivity index (χ1) is 11.1. The second-order valence-electron chi connectivity index (χ2n) is 6.01. The van der Waals surface area contributed by atoms with E-state index in [1.807, 2.05) is 42.5 Å². The third-order valence-electron chi connectivity index (χ3n) is 4.50. The smallest absolute Gasteiger partial charge is 0.234 e. The molecule has 122 valence electrons. The number of nitrogens with one attached hydrogen (secondary N) is 1. The maximum absolute atomic E-state index is 12.4. The van der Waals surface area contributed by atoms with Crippen LogP contribution in [0.4, 0.5) is 0 Å². The van der Waals surface area contributed by atoms with Crippen LogP contribution in [0.15, 0.2) is 35.7 Å². The first-order valence-electron chi connectivity index (χ1n) is 7.90. The van der Waals surface area contributed by atoms with Gasteiger partial charge in [-0.15, -0.1) is 11.3 Å². The van der Waals surface area contributed by atoms with Gasteiger partial charge in [0.2, 0.25) is 5.91 Å². The average Bonchev–Trinajstić information content (AvgIpc) is 3.00. The standard InChI is InChI=1S/C18H21ClN2OS/c1-12(14-5-3-4-6-16(14)19)20-18(22)11-21-9-7-17-15(13(21)2)8-10-23-17/h3-6,8,10,12-13H,7,9,11H2,1-2H3,(H,20,22)/t12-,13+/m1/s1. The van der Waals surface area contributed by atoms with Crippen LogP contribution in [0.3, 0.4) is 0 Å². The minimum atomic E-state index is -0.0898. The molecule has 2 atom stereocenters. The number of amides is 1. The van der Waals surface area contributed by atoms with E-state index in [2.05, 4.69) is 28.6 Å². The number of carbonyl (C=O) groups excluding carboxylic acids is 1. The van der Waals surface area contributed by atoms with Crippen LogP contribution in [0.1, 0.15) is 41.9 Å². The fourth-order valence-electron chi connectivity index (χ4n) is 3.15. The van der Waals surface area contributed by atoms with Gasteiger partial charge in [-0.2, -0.15) is 0 Å². The Morgan fingerprint density at radius 2 is 2.22 bits per heavy atom. The van der Waals surface area contributed by atoms with Gasteiger partial charge in [-0.25, -0.2) is 0 Å². The van der Waals surface area contributed by atoms with E-state index in [9.17, 15) is 4.79 Å². The van der Waals surface area contributed by atoms with Crippen LogP contribution in [0.25, 0.3) is 0 Å². The quantitative estimate of drug-likeness (QED) is 0.898. The number of halogens is 1. The Labute approximate surface area is 146 Å². The lowest BCUT2D eigenvalue weighted by Crippen LogP contribution is -2.42. The third-order valence-corrected chi connectivity index (χ3v) is 5.84.